The summed E-state index contributed by atoms with van der Waals surface area (Å²) in [5.41, 5.74) is 7.29. The Morgan fingerprint density at radius 2 is 2.10 bits per heavy atom. The van der Waals surface area contributed by atoms with Crippen molar-refractivity contribution in [1.29, 1.82) is 0 Å². The Labute approximate surface area is 139 Å². The van der Waals surface area contributed by atoms with Crippen molar-refractivity contribution in [3.05, 3.63) is 35.3 Å². The van der Waals surface area contributed by atoms with Crippen molar-refractivity contribution < 1.29 is 4.79 Å². The van der Waals surface area contributed by atoms with E-state index in [1.54, 1.807) is 23.1 Å². The molecule has 114 valence electrons. The van der Waals surface area contributed by atoms with Crippen LogP contribution in [-0.2, 0) is 4.79 Å². The average molecular weight is 344 g/mol. The van der Waals surface area contributed by atoms with Gasteiger partial charge in [0.05, 0.1) is 0 Å². The second-order valence-corrected chi connectivity index (χ2v) is 6.69. The Hall–Kier alpha value is -1.08. The monoisotopic (exact) mass is 343 g/mol. The highest BCUT2D eigenvalue weighted by Crippen LogP contribution is 2.30. The summed E-state index contributed by atoms with van der Waals surface area (Å²) in [6.45, 7) is 4.14. The highest BCUT2D eigenvalue weighted by atomic mass is 35.5. The lowest BCUT2D eigenvalue weighted by molar-refractivity contribution is -0.119. The lowest BCUT2D eigenvalue weighted by Gasteiger charge is -2.10. The number of anilines is 1. The number of halogens is 1. The number of hydrogen-bond acceptors (Lipinski definition) is 5. The summed E-state index contributed by atoms with van der Waals surface area (Å²) < 4.78 is 1.02. The van der Waals surface area contributed by atoms with Crippen LogP contribution in [0.2, 0.25) is 0 Å². The van der Waals surface area contributed by atoms with Crippen LogP contribution in [0.5, 0.6) is 0 Å². The lowest BCUT2D eigenvalue weighted by Crippen LogP contribution is -2.26. The standard InChI is InChI=1S/C14H17N3OS2.ClH/c1-9(7-15)13(18)17-11-3-5-12(6-4-11)20-14-16-10(2)8-19-14;/h3-6,8-9H,7,15H2,1-2H3,(H,17,18);1H. The maximum atomic E-state index is 11.7. The number of thiazole rings is 1. The molecule has 0 saturated heterocycles. The number of amides is 1. The van der Waals surface area contributed by atoms with Gasteiger partial charge in [0.25, 0.3) is 0 Å². The minimum absolute atomic E-state index is 0. The number of nitrogens with zero attached hydrogens (tertiary/aromatic N) is 1. The molecule has 1 heterocycles. The molecule has 1 aromatic carbocycles. The number of rotatable bonds is 5. The summed E-state index contributed by atoms with van der Waals surface area (Å²) in [4.78, 5) is 17.2. The van der Waals surface area contributed by atoms with Crippen molar-refractivity contribution in [2.75, 3.05) is 11.9 Å². The minimum Gasteiger partial charge on any atom is -0.330 e. The van der Waals surface area contributed by atoms with Gasteiger partial charge < -0.3 is 11.1 Å². The fourth-order valence-electron chi connectivity index (χ4n) is 1.46. The maximum Gasteiger partial charge on any atom is 0.228 e. The van der Waals surface area contributed by atoms with Gasteiger partial charge in [-0.2, -0.15) is 0 Å². The fraction of sp³-hybridized carbons (Fsp3) is 0.286. The summed E-state index contributed by atoms with van der Waals surface area (Å²) in [6, 6.07) is 7.74. The van der Waals surface area contributed by atoms with Crippen LogP contribution in [0, 0.1) is 12.8 Å². The molecule has 3 N–H and O–H groups in total. The van der Waals surface area contributed by atoms with Crippen molar-refractivity contribution in [3.8, 4) is 0 Å². The van der Waals surface area contributed by atoms with E-state index >= 15 is 0 Å². The molecule has 2 rings (SSSR count). The zero-order chi connectivity index (χ0) is 14.5. The first-order valence-corrected chi connectivity index (χ1v) is 7.99. The van der Waals surface area contributed by atoms with Gasteiger partial charge >= 0.3 is 0 Å². The van der Waals surface area contributed by atoms with Crippen LogP contribution in [-0.4, -0.2) is 17.4 Å². The highest BCUT2D eigenvalue weighted by Gasteiger charge is 2.10. The van der Waals surface area contributed by atoms with E-state index in [0.29, 0.717) is 6.54 Å². The smallest absolute Gasteiger partial charge is 0.228 e. The largest absolute Gasteiger partial charge is 0.330 e. The second kappa shape index (κ2) is 8.38. The molecule has 1 amide bonds. The number of nitrogens with one attached hydrogen (secondary N) is 1. The van der Waals surface area contributed by atoms with Crippen molar-refractivity contribution in [2.24, 2.45) is 11.7 Å². The van der Waals surface area contributed by atoms with E-state index in [2.05, 4.69) is 10.3 Å². The van der Waals surface area contributed by atoms with Crippen molar-refractivity contribution in [2.45, 2.75) is 23.1 Å². The number of nitrogens with two attached hydrogens (primary N) is 1. The normalized spacial score (nSPS) is 11.6. The molecule has 1 unspecified atom stereocenters. The number of aromatic nitrogens is 1. The van der Waals surface area contributed by atoms with Crippen LogP contribution in [0.25, 0.3) is 0 Å². The van der Waals surface area contributed by atoms with Gasteiger partial charge in [0.2, 0.25) is 5.91 Å². The first-order chi connectivity index (χ1) is 9.58. The van der Waals surface area contributed by atoms with Crippen LogP contribution in [0.15, 0.2) is 38.9 Å². The molecule has 1 aromatic heterocycles. The number of benzene rings is 1. The van der Waals surface area contributed by atoms with Crippen molar-refractivity contribution >= 4 is 47.1 Å². The van der Waals surface area contributed by atoms with Gasteiger partial charge in [-0.15, -0.1) is 23.7 Å². The first kappa shape index (κ1) is 18.0. The Kier molecular flexibility index (Phi) is 7.17. The maximum absolute atomic E-state index is 11.7. The van der Waals surface area contributed by atoms with Crippen LogP contribution < -0.4 is 11.1 Å². The molecule has 0 radical (unpaired) electrons. The summed E-state index contributed by atoms with van der Waals surface area (Å²) in [5.74, 6) is -0.231. The van der Waals surface area contributed by atoms with Gasteiger partial charge in [0.15, 0.2) is 4.34 Å². The molecule has 2 aromatic rings. The van der Waals surface area contributed by atoms with Gasteiger partial charge in [0, 0.05) is 34.1 Å². The molecule has 7 heteroatoms. The zero-order valence-electron chi connectivity index (χ0n) is 11.8. The number of aryl methyl sites for hydroxylation is 1. The van der Waals surface area contributed by atoms with E-state index in [1.165, 1.54) is 0 Å². The van der Waals surface area contributed by atoms with Crippen LogP contribution in [0.4, 0.5) is 5.69 Å². The Balaban J connectivity index is 0.00000220. The Bertz CT molecular complexity index is 586. The van der Waals surface area contributed by atoms with Gasteiger partial charge in [-0.1, -0.05) is 18.7 Å². The molecule has 0 aliphatic carbocycles. The molecule has 0 aliphatic heterocycles. The van der Waals surface area contributed by atoms with E-state index in [9.17, 15) is 4.79 Å². The summed E-state index contributed by atoms with van der Waals surface area (Å²) in [7, 11) is 0. The molecule has 0 fully saturated rings. The molecule has 0 bridgehead atoms. The van der Waals surface area contributed by atoms with Crippen LogP contribution in [0.1, 0.15) is 12.6 Å². The van der Waals surface area contributed by atoms with Crippen molar-refractivity contribution in [1.82, 2.24) is 4.98 Å². The highest BCUT2D eigenvalue weighted by molar-refractivity contribution is 8.01. The topological polar surface area (TPSA) is 68.0 Å². The van der Waals surface area contributed by atoms with E-state index in [4.69, 9.17) is 5.73 Å². The second-order valence-electron chi connectivity index (χ2n) is 4.51. The average Bonchev–Trinajstić information content (AvgIpc) is 2.85. The summed E-state index contributed by atoms with van der Waals surface area (Å²) in [6.07, 6.45) is 0. The molecule has 0 spiro atoms. The molecule has 21 heavy (non-hydrogen) atoms. The van der Waals surface area contributed by atoms with E-state index < -0.39 is 0 Å². The fourth-order valence-corrected chi connectivity index (χ4v) is 3.27. The Morgan fingerprint density at radius 1 is 1.43 bits per heavy atom. The predicted octanol–water partition coefficient (Wildman–Crippen LogP) is 3.56. The quantitative estimate of drug-likeness (QED) is 0.871. The van der Waals surface area contributed by atoms with E-state index in [0.717, 1.165) is 20.6 Å². The summed E-state index contributed by atoms with van der Waals surface area (Å²) in [5, 5.41) is 4.88. The minimum atomic E-state index is -0.178. The van der Waals surface area contributed by atoms with E-state index in [-0.39, 0.29) is 24.2 Å². The van der Waals surface area contributed by atoms with Crippen molar-refractivity contribution in [3.63, 3.8) is 0 Å². The first-order valence-electron chi connectivity index (χ1n) is 6.29. The number of carbonyl (C=O) groups is 1. The summed E-state index contributed by atoms with van der Waals surface area (Å²) >= 11 is 3.26. The van der Waals surface area contributed by atoms with Crippen LogP contribution >= 0.6 is 35.5 Å². The Morgan fingerprint density at radius 3 is 2.62 bits per heavy atom. The number of hydrogen-bond donors (Lipinski definition) is 2. The third kappa shape index (κ3) is 5.32. The van der Waals surface area contributed by atoms with E-state index in [1.807, 2.05) is 43.5 Å². The third-order valence-electron chi connectivity index (χ3n) is 2.73. The van der Waals surface area contributed by atoms with Gasteiger partial charge in [-0.3, -0.25) is 4.79 Å². The third-order valence-corrected chi connectivity index (χ3v) is 4.79. The zero-order valence-corrected chi connectivity index (χ0v) is 14.3. The molecule has 0 saturated carbocycles. The van der Waals surface area contributed by atoms with Gasteiger partial charge in [0.1, 0.15) is 0 Å². The predicted molar refractivity (Wildman–Crippen MR) is 91.5 cm³/mol. The van der Waals surface area contributed by atoms with Gasteiger partial charge in [-0.05, 0) is 31.2 Å². The molecular weight excluding hydrogens is 326 g/mol. The van der Waals surface area contributed by atoms with Crippen LogP contribution in [0.3, 0.4) is 0 Å². The number of carbonyl (C=O) groups excluding carboxylic acids is 1. The molecule has 1 atom stereocenters. The molecule has 4 nitrogen and oxygen atoms in total. The molecular formula is C14H18ClN3OS2. The lowest BCUT2D eigenvalue weighted by atomic mass is 10.1. The SMILES string of the molecule is Cc1csc(Sc2ccc(NC(=O)C(C)CN)cc2)n1.Cl. The van der Waals surface area contributed by atoms with Gasteiger partial charge in [-0.25, -0.2) is 4.98 Å². The molecule has 0 aliphatic rings.